The Balaban J connectivity index is 3.32. The number of hydrogen-bond donors (Lipinski definition) is 0. The fourth-order valence-corrected chi connectivity index (χ4v) is 1.78. The van der Waals surface area contributed by atoms with Crippen molar-refractivity contribution in [2.45, 2.75) is 38.2 Å². The van der Waals surface area contributed by atoms with Crippen LogP contribution in [0.15, 0.2) is 17.1 Å². The maximum Gasteiger partial charge on any atom is 0.413 e. The van der Waals surface area contributed by atoms with Crippen molar-refractivity contribution < 1.29 is 26.3 Å². The summed E-state index contributed by atoms with van der Waals surface area (Å²) in [6, 6.07) is 0. The van der Waals surface area contributed by atoms with Gasteiger partial charge in [0.2, 0.25) is 0 Å². The molecule has 1 nitrogen and oxygen atoms in total. The zero-order chi connectivity index (χ0) is 13.7. The van der Waals surface area contributed by atoms with Crippen molar-refractivity contribution in [1.82, 2.24) is 0 Å². The lowest BCUT2D eigenvalue weighted by Gasteiger charge is -2.49. The summed E-state index contributed by atoms with van der Waals surface area (Å²) in [4.78, 5) is 3.47. The lowest BCUT2D eigenvalue weighted by atomic mass is 9.63. The van der Waals surface area contributed by atoms with Crippen LogP contribution in [0.3, 0.4) is 0 Å². The summed E-state index contributed by atoms with van der Waals surface area (Å²) in [6.45, 7) is 4.15. The zero-order valence-corrected chi connectivity index (χ0v) is 9.21. The molecule has 7 heteroatoms. The van der Waals surface area contributed by atoms with Gasteiger partial charge in [-0.15, -0.1) is 0 Å². The number of halogens is 6. The van der Waals surface area contributed by atoms with E-state index in [9.17, 15) is 26.3 Å². The van der Waals surface area contributed by atoms with Gasteiger partial charge in [-0.3, -0.25) is 4.99 Å². The Bertz CT molecular complexity index is 366. The van der Waals surface area contributed by atoms with Gasteiger partial charge in [0.05, 0.1) is 5.54 Å². The molecule has 0 radical (unpaired) electrons. The van der Waals surface area contributed by atoms with E-state index in [1.165, 1.54) is 6.21 Å². The first-order valence-corrected chi connectivity index (χ1v) is 4.73. The maximum absolute atomic E-state index is 13.0. The van der Waals surface area contributed by atoms with E-state index >= 15 is 0 Å². The number of nitrogens with zero attached hydrogens (tertiary/aromatic N) is 1. The second-order valence-corrected chi connectivity index (χ2v) is 4.39. The van der Waals surface area contributed by atoms with Crippen LogP contribution in [0.1, 0.15) is 20.3 Å². The fourth-order valence-electron chi connectivity index (χ4n) is 1.78. The second-order valence-electron chi connectivity index (χ2n) is 4.39. The molecule has 17 heavy (non-hydrogen) atoms. The van der Waals surface area contributed by atoms with Gasteiger partial charge in [-0.2, -0.15) is 26.3 Å². The molecule has 0 aliphatic carbocycles. The third kappa shape index (κ3) is 1.85. The van der Waals surface area contributed by atoms with Gasteiger partial charge in [-0.25, -0.2) is 0 Å². The predicted molar refractivity (Wildman–Crippen MR) is 50.9 cm³/mol. The molecule has 0 aromatic rings. The van der Waals surface area contributed by atoms with Crippen LogP contribution in [-0.4, -0.2) is 24.1 Å². The minimum Gasteiger partial charge on any atom is -0.289 e. The molecule has 0 N–H and O–H groups in total. The second kappa shape index (κ2) is 3.49. The molecular weight excluding hydrogens is 248 g/mol. The van der Waals surface area contributed by atoms with Crippen LogP contribution in [0.2, 0.25) is 0 Å². The largest absolute Gasteiger partial charge is 0.413 e. The third-order valence-electron chi connectivity index (χ3n) is 3.45. The SMILES string of the molecule is C=C(C(F)(F)F)[C@](C)(C(F)(F)F)C1(C)CC=N1. The van der Waals surface area contributed by atoms with Crippen molar-refractivity contribution in [2.75, 3.05) is 0 Å². The molecule has 1 aliphatic rings. The molecule has 0 saturated heterocycles. The minimum absolute atomic E-state index is 0.155. The lowest BCUT2D eigenvalue weighted by molar-refractivity contribution is -0.243. The highest BCUT2D eigenvalue weighted by molar-refractivity contribution is 5.68. The molecule has 0 spiro atoms. The van der Waals surface area contributed by atoms with Crippen molar-refractivity contribution in [1.29, 1.82) is 0 Å². The van der Waals surface area contributed by atoms with E-state index in [1.807, 2.05) is 0 Å². The maximum atomic E-state index is 13.0. The van der Waals surface area contributed by atoms with E-state index < -0.39 is 28.9 Å². The summed E-state index contributed by atoms with van der Waals surface area (Å²) < 4.78 is 76.4. The standard InChI is InChI=1S/C10H11F6N/c1-6(9(11,12)13)8(3,10(14,15)16)7(2)4-5-17-7/h5H,1,4H2,2-3H3/t7?,8-/m0/s1. The minimum atomic E-state index is -5.10. The summed E-state index contributed by atoms with van der Waals surface area (Å²) in [5.41, 5.74) is -6.75. The summed E-state index contributed by atoms with van der Waals surface area (Å²) in [6.07, 6.45) is -9.14. The first-order valence-electron chi connectivity index (χ1n) is 4.73. The van der Waals surface area contributed by atoms with E-state index in [4.69, 9.17) is 0 Å². The van der Waals surface area contributed by atoms with Crippen molar-refractivity contribution in [3.05, 3.63) is 12.2 Å². The Morgan fingerprint density at radius 2 is 1.65 bits per heavy atom. The Labute approximate surface area is 94.2 Å². The highest BCUT2D eigenvalue weighted by atomic mass is 19.4. The molecule has 1 aliphatic heterocycles. The van der Waals surface area contributed by atoms with Crippen molar-refractivity contribution >= 4 is 6.21 Å². The molecule has 2 atom stereocenters. The molecule has 0 amide bonds. The zero-order valence-electron chi connectivity index (χ0n) is 9.21. The van der Waals surface area contributed by atoms with Crippen LogP contribution in [0, 0.1) is 5.41 Å². The molecule has 0 bridgehead atoms. The quantitative estimate of drug-likeness (QED) is 0.526. The topological polar surface area (TPSA) is 12.4 Å². The van der Waals surface area contributed by atoms with Crippen LogP contribution in [-0.2, 0) is 0 Å². The molecule has 1 rings (SSSR count). The average Bonchev–Trinajstić information content (AvgIpc) is 2.08. The highest BCUT2D eigenvalue weighted by Gasteiger charge is 2.68. The fraction of sp³-hybridized carbons (Fsp3) is 0.700. The van der Waals surface area contributed by atoms with Gasteiger partial charge in [0.15, 0.2) is 0 Å². The molecule has 0 saturated carbocycles. The predicted octanol–water partition coefficient (Wildman–Crippen LogP) is 3.91. The molecule has 0 fully saturated rings. The number of aliphatic imine (C=N–C) groups is 1. The Morgan fingerprint density at radius 3 is 1.82 bits per heavy atom. The van der Waals surface area contributed by atoms with Crippen LogP contribution in [0.25, 0.3) is 0 Å². The molecule has 98 valence electrons. The van der Waals surface area contributed by atoms with E-state index in [-0.39, 0.29) is 6.42 Å². The van der Waals surface area contributed by atoms with Gasteiger partial charge in [0.1, 0.15) is 5.41 Å². The Morgan fingerprint density at radius 1 is 1.24 bits per heavy atom. The van der Waals surface area contributed by atoms with Crippen molar-refractivity contribution in [2.24, 2.45) is 10.4 Å². The highest BCUT2D eigenvalue weighted by Crippen LogP contribution is 2.58. The van der Waals surface area contributed by atoms with Gasteiger partial charge in [0, 0.05) is 18.2 Å². The molecule has 1 heterocycles. The van der Waals surface area contributed by atoms with Crippen LogP contribution < -0.4 is 0 Å². The first-order chi connectivity index (χ1) is 7.36. The number of alkyl halides is 6. The molecule has 0 aromatic heterocycles. The third-order valence-corrected chi connectivity index (χ3v) is 3.45. The van der Waals surface area contributed by atoms with Gasteiger partial charge in [-0.05, 0) is 13.8 Å². The van der Waals surface area contributed by atoms with Crippen LogP contribution >= 0.6 is 0 Å². The van der Waals surface area contributed by atoms with E-state index in [2.05, 4.69) is 11.6 Å². The van der Waals surface area contributed by atoms with Gasteiger partial charge in [-0.1, -0.05) is 6.58 Å². The van der Waals surface area contributed by atoms with Crippen LogP contribution in [0.5, 0.6) is 0 Å². The molecule has 0 aromatic carbocycles. The van der Waals surface area contributed by atoms with Crippen LogP contribution in [0.4, 0.5) is 26.3 Å². The lowest BCUT2D eigenvalue weighted by Crippen LogP contribution is -2.58. The van der Waals surface area contributed by atoms with Crippen molar-refractivity contribution in [3.8, 4) is 0 Å². The summed E-state index contributed by atoms with van der Waals surface area (Å²) in [5.74, 6) is 0. The van der Waals surface area contributed by atoms with Crippen molar-refractivity contribution in [3.63, 3.8) is 0 Å². The van der Waals surface area contributed by atoms with Gasteiger partial charge < -0.3 is 0 Å². The van der Waals surface area contributed by atoms with E-state index in [0.717, 1.165) is 6.92 Å². The summed E-state index contributed by atoms with van der Waals surface area (Å²) >= 11 is 0. The van der Waals surface area contributed by atoms with Gasteiger partial charge in [0.25, 0.3) is 0 Å². The molecular formula is C10H11F6N. The van der Waals surface area contributed by atoms with E-state index in [0.29, 0.717) is 6.92 Å². The monoisotopic (exact) mass is 259 g/mol. The Hall–Kier alpha value is -1.01. The summed E-state index contributed by atoms with van der Waals surface area (Å²) in [7, 11) is 0. The molecule has 1 unspecified atom stereocenters. The number of hydrogen-bond acceptors (Lipinski definition) is 1. The first kappa shape index (κ1) is 14.1. The normalized spacial score (nSPS) is 28.5. The summed E-state index contributed by atoms with van der Waals surface area (Å²) in [5, 5.41) is 0. The van der Waals surface area contributed by atoms with Gasteiger partial charge >= 0.3 is 12.4 Å². The average molecular weight is 259 g/mol. The Kier molecular flexibility index (Phi) is 2.89. The van der Waals surface area contributed by atoms with E-state index in [1.54, 1.807) is 0 Å². The smallest absolute Gasteiger partial charge is 0.289 e. The number of rotatable bonds is 2.